The number of rotatable bonds is 3. The van der Waals surface area contributed by atoms with E-state index in [2.05, 4.69) is 15.2 Å². The van der Waals surface area contributed by atoms with Crippen LogP contribution in [0.25, 0.3) is 17.1 Å². The minimum Gasteiger partial charge on any atom is -0.334 e. The van der Waals surface area contributed by atoms with E-state index in [1.165, 1.54) is 0 Å². The fourth-order valence-corrected chi connectivity index (χ4v) is 2.48. The molecule has 3 aromatic rings. The van der Waals surface area contributed by atoms with E-state index in [9.17, 15) is 0 Å². The molecule has 0 unspecified atom stereocenters. The lowest BCUT2D eigenvalue weighted by Crippen LogP contribution is -2.44. The summed E-state index contributed by atoms with van der Waals surface area (Å²) in [6.45, 7) is 0. The molecule has 0 spiro atoms. The van der Waals surface area contributed by atoms with Gasteiger partial charge in [0.05, 0.1) is 23.0 Å². The van der Waals surface area contributed by atoms with Gasteiger partial charge < -0.3 is 10.3 Å². The van der Waals surface area contributed by atoms with E-state index in [0.29, 0.717) is 11.7 Å². The van der Waals surface area contributed by atoms with Gasteiger partial charge in [0.15, 0.2) is 5.82 Å². The zero-order chi connectivity index (χ0) is 14.3. The lowest BCUT2D eigenvalue weighted by Gasteiger charge is -2.34. The van der Waals surface area contributed by atoms with Gasteiger partial charge in [0.25, 0.3) is 5.89 Å². The monoisotopic (exact) mass is 281 g/mol. The Bertz CT molecular complexity index is 757. The Labute approximate surface area is 121 Å². The summed E-state index contributed by atoms with van der Waals surface area (Å²) >= 11 is 0. The molecule has 1 fully saturated rings. The second-order valence-corrected chi connectivity index (χ2v) is 5.44. The summed E-state index contributed by atoms with van der Waals surface area (Å²) in [6.07, 6.45) is 6.53. The smallest absolute Gasteiger partial charge is 0.261 e. The largest absolute Gasteiger partial charge is 0.334 e. The van der Waals surface area contributed by atoms with Gasteiger partial charge in [0.1, 0.15) is 0 Å². The lowest BCUT2D eigenvalue weighted by atomic mass is 9.77. The molecule has 4 rings (SSSR count). The number of benzene rings is 1. The Morgan fingerprint density at radius 2 is 2.00 bits per heavy atom. The minimum absolute atomic E-state index is 0.406. The summed E-state index contributed by atoms with van der Waals surface area (Å²) in [4.78, 5) is 4.43. The summed E-state index contributed by atoms with van der Waals surface area (Å²) in [5, 5.41) is 8.35. The van der Waals surface area contributed by atoms with Gasteiger partial charge in [-0.2, -0.15) is 10.1 Å². The second kappa shape index (κ2) is 4.53. The highest BCUT2D eigenvalue weighted by molar-refractivity contribution is 5.51. The molecule has 2 aromatic heterocycles. The third kappa shape index (κ3) is 2.04. The first kappa shape index (κ1) is 12.3. The third-order valence-electron chi connectivity index (χ3n) is 3.97. The molecule has 106 valence electrons. The molecular weight excluding hydrogens is 266 g/mol. The molecule has 1 saturated carbocycles. The van der Waals surface area contributed by atoms with Crippen molar-refractivity contribution in [2.75, 3.05) is 0 Å². The summed E-state index contributed by atoms with van der Waals surface area (Å²) in [5.41, 5.74) is 7.58. The van der Waals surface area contributed by atoms with Crippen molar-refractivity contribution in [2.24, 2.45) is 5.73 Å². The number of hydrogen-bond acceptors (Lipinski definition) is 5. The zero-order valence-corrected chi connectivity index (χ0v) is 11.4. The van der Waals surface area contributed by atoms with E-state index in [1.807, 2.05) is 36.5 Å². The third-order valence-corrected chi connectivity index (χ3v) is 3.97. The quantitative estimate of drug-likeness (QED) is 0.796. The molecule has 1 aromatic carbocycles. The van der Waals surface area contributed by atoms with Crippen LogP contribution in [-0.4, -0.2) is 19.9 Å². The number of para-hydroxylation sites is 1. The van der Waals surface area contributed by atoms with E-state index >= 15 is 0 Å². The lowest BCUT2D eigenvalue weighted by molar-refractivity contribution is 0.229. The van der Waals surface area contributed by atoms with Gasteiger partial charge in [0, 0.05) is 6.20 Å². The van der Waals surface area contributed by atoms with Crippen LogP contribution in [0, 0.1) is 0 Å². The Hall–Kier alpha value is -2.47. The topological polar surface area (TPSA) is 82.8 Å². The van der Waals surface area contributed by atoms with Gasteiger partial charge in [-0.3, -0.25) is 0 Å². The number of aromatic nitrogens is 4. The van der Waals surface area contributed by atoms with E-state index in [1.54, 1.807) is 10.9 Å². The summed E-state index contributed by atoms with van der Waals surface area (Å²) in [6, 6.07) is 9.88. The van der Waals surface area contributed by atoms with Crippen LogP contribution >= 0.6 is 0 Å². The average Bonchev–Trinajstić information content (AvgIpc) is 3.14. The van der Waals surface area contributed by atoms with Gasteiger partial charge in [-0.25, -0.2) is 4.68 Å². The van der Waals surface area contributed by atoms with Crippen LogP contribution in [-0.2, 0) is 5.54 Å². The van der Waals surface area contributed by atoms with Crippen molar-refractivity contribution in [1.82, 2.24) is 19.9 Å². The van der Waals surface area contributed by atoms with Gasteiger partial charge in [-0.15, -0.1) is 0 Å². The van der Waals surface area contributed by atoms with Crippen LogP contribution in [0.5, 0.6) is 0 Å². The molecule has 0 radical (unpaired) electrons. The van der Waals surface area contributed by atoms with E-state index < -0.39 is 5.54 Å². The molecular formula is C15H15N5O. The van der Waals surface area contributed by atoms with Crippen molar-refractivity contribution >= 4 is 0 Å². The molecule has 0 aliphatic heterocycles. The Balaban J connectivity index is 1.64. The maximum Gasteiger partial charge on any atom is 0.261 e. The molecule has 1 aliphatic carbocycles. The minimum atomic E-state index is -0.406. The molecule has 0 amide bonds. The van der Waals surface area contributed by atoms with Gasteiger partial charge >= 0.3 is 0 Å². The summed E-state index contributed by atoms with van der Waals surface area (Å²) in [5.74, 6) is 1.06. The van der Waals surface area contributed by atoms with Crippen LogP contribution in [0.2, 0.25) is 0 Å². The number of hydrogen-bond donors (Lipinski definition) is 1. The molecule has 1 aliphatic rings. The van der Waals surface area contributed by atoms with Crippen LogP contribution in [0.1, 0.15) is 25.1 Å². The molecule has 0 bridgehead atoms. The zero-order valence-electron chi connectivity index (χ0n) is 11.4. The van der Waals surface area contributed by atoms with Crippen LogP contribution < -0.4 is 5.73 Å². The Kier molecular flexibility index (Phi) is 2.65. The number of nitrogens with zero attached hydrogens (tertiary/aromatic N) is 4. The predicted molar refractivity (Wildman–Crippen MR) is 76.6 cm³/mol. The van der Waals surface area contributed by atoms with Crippen molar-refractivity contribution in [1.29, 1.82) is 0 Å². The van der Waals surface area contributed by atoms with Gasteiger partial charge in [0.2, 0.25) is 0 Å². The fraction of sp³-hybridized carbons (Fsp3) is 0.267. The average molecular weight is 281 g/mol. The molecule has 2 heterocycles. The maximum absolute atomic E-state index is 6.21. The first-order valence-electron chi connectivity index (χ1n) is 6.98. The van der Waals surface area contributed by atoms with Crippen molar-refractivity contribution < 1.29 is 4.52 Å². The molecule has 2 N–H and O–H groups in total. The fourth-order valence-electron chi connectivity index (χ4n) is 2.48. The maximum atomic E-state index is 6.21. The second-order valence-electron chi connectivity index (χ2n) is 5.44. The van der Waals surface area contributed by atoms with E-state index in [4.69, 9.17) is 10.3 Å². The first-order chi connectivity index (χ1) is 10.2. The normalized spacial score (nSPS) is 16.6. The highest BCUT2D eigenvalue weighted by Gasteiger charge is 2.39. The van der Waals surface area contributed by atoms with Crippen molar-refractivity contribution in [2.45, 2.75) is 24.8 Å². The molecule has 0 saturated heterocycles. The van der Waals surface area contributed by atoms with Crippen LogP contribution in [0.15, 0.2) is 47.2 Å². The van der Waals surface area contributed by atoms with Crippen LogP contribution in [0.4, 0.5) is 0 Å². The first-order valence-corrected chi connectivity index (χ1v) is 6.98. The van der Waals surface area contributed by atoms with Crippen molar-refractivity contribution in [3.05, 3.63) is 48.5 Å². The highest BCUT2D eigenvalue weighted by Crippen LogP contribution is 2.37. The van der Waals surface area contributed by atoms with Crippen molar-refractivity contribution in [3.63, 3.8) is 0 Å². The summed E-state index contributed by atoms with van der Waals surface area (Å²) < 4.78 is 7.11. The Morgan fingerprint density at radius 3 is 2.71 bits per heavy atom. The van der Waals surface area contributed by atoms with Gasteiger partial charge in [-0.05, 0) is 31.4 Å². The summed E-state index contributed by atoms with van der Waals surface area (Å²) in [7, 11) is 0. The molecule has 21 heavy (non-hydrogen) atoms. The Morgan fingerprint density at radius 1 is 1.19 bits per heavy atom. The molecule has 6 nitrogen and oxygen atoms in total. The van der Waals surface area contributed by atoms with Crippen molar-refractivity contribution in [3.8, 4) is 17.1 Å². The van der Waals surface area contributed by atoms with Crippen LogP contribution in [0.3, 0.4) is 0 Å². The molecule has 6 heteroatoms. The van der Waals surface area contributed by atoms with E-state index in [0.717, 1.165) is 30.5 Å². The predicted octanol–water partition coefficient (Wildman–Crippen LogP) is 2.26. The standard InChI is InChI=1S/C15H15N5O/c16-15(7-4-8-15)14-18-13(21-19-14)11-9-17-20(10-11)12-5-2-1-3-6-12/h1-3,5-6,9-10H,4,7-8,16H2. The van der Waals surface area contributed by atoms with E-state index in [-0.39, 0.29) is 0 Å². The highest BCUT2D eigenvalue weighted by atomic mass is 16.5. The van der Waals surface area contributed by atoms with Gasteiger partial charge in [-0.1, -0.05) is 23.4 Å². The molecule has 0 atom stereocenters. The SMILES string of the molecule is NC1(c2noc(-c3cnn(-c4ccccc4)c3)n2)CCC1. The number of nitrogens with two attached hydrogens (primary N) is 1.